The lowest BCUT2D eigenvalue weighted by Crippen LogP contribution is -2.41. The van der Waals surface area contributed by atoms with E-state index in [1.165, 1.54) is 6.42 Å². The van der Waals surface area contributed by atoms with Gasteiger partial charge in [0, 0.05) is 12.1 Å². The molecule has 3 unspecified atom stereocenters. The van der Waals surface area contributed by atoms with Crippen LogP contribution in [0.25, 0.3) is 0 Å². The van der Waals surface area contributed by atoms with E-state index in [0.29, 0.717) is 12.1 Å². The predicted molar refractivity (Wildman–Crippen MR) is 56.4 cm³/mol. The standard InChI is InChI=1S/C11H25N/c1-7-9(4)11(6)12-10(5)8(2)3/h8-12H,7H2,1-6H3. The third-order valence-electron chi connectivity index (χ3n) is 3.02. The Morgan fingerprint density at radius 2 is 1.42 bits per heavy atom. The van der Waals surface area contributed by atoms with Crippen LogP contribution in [0.1, 0.15) is 48.0 Å². The summed E-state index contributed by atoms with van der Waals surface area (Å²) in [6.45, 7) is 13.6. The summed E-state index contributed by atoms with van der Waals surface area (Å²) in [7, 11) is 0. The number of hydrogen-bond acceptors (Lipinski definition) is 1. The SMILES string of the molecule is CCC(C)C(C)NC(C)C(C)C. The van der Waals surface area contributed by atoms with E-state index in [0.717, 1.165) is 11.8 Å². The van der Waals surface area contributed by atoms with Crippen LogP contribution in [0, 0.1) is 11.8 Å². The molecule has 0 aliphatic rings. The van der Waals surface area contributed by atoms with Crippen molar-refractivity contribution in [1.29, 1.82) is 0 Å². The van der Waals surface area contributed by atoms with E-state index in [9.17, 15) is 0 Å². The summed E-state index contributed by atoms with van der Waals surface area (Å²) in [4.78, 5) is 0. The van der Waals surface area contributed by atoms with Crippen molar-refractivity contribution < 1.29 is 0 Å². The van der Waals surface area contributed by atoms with E-state index in [2.05, 4.69) is 46.9 Å². The first-order valence-corrected chi connectivity index (χ1v) is 5.25. The molecule has 3 atom stereocenters. The monoisotopic (exact) mass is 171 g/mol. The van der Waals surface area contributed by atoms with Gasteiger partial charge in [-0.15, -0.1) is 0 Å². The zero-order chi connectivity index (χ0) is 9.72. The van der Waals surface area contributed by atoms with Crippen molar-refractivity contribution in [2.75, 3.05) is 0 Å². The molecule has 0 saturated heterocycles. The Labute approximate surface area is 77.9 Å². The molecule has 1 N–H and O–H groups in total. The van der Waals surface area contributed by atoms with Gasteiger partial charge in [0.25, 0.3) is 0 Å². The summed E-state index contributed by atoms with van der Waals surface area (Å²) in [5.41, 5.74) is 0. The van der Waals surface area contributed by atoms with Crippen molar-refractivity contribution in [2.24, 2.45) is 11.8 Å². The molecule has 1 heteroatoms. The van der Waals surface area contributed by atoms with Crippen molar-refractivity contribution >= 4 is 0 Å². The average molecular weight is 171 g/mol. The molecule has 0 spiro atoms. The first-order chi connectivity index (χ1) is 5.49. The van der Waals surface area contributed by atoms with E-state index < -0.39 is 0 Å². The highest BCUT2D eigenvalue weighted by molar-refractivity contribution is 4.73. The van der Waals surface area contributed by atoms with E-state index >= 15 is 0 Å². The quantitative estimate of drug-likeness (QED) is 0.670. The van der Waals surface area contributed by atoms with E-state index in [1.54, 1.807) is 0 Å². The van der Waals surface area contributed by atoms with Gasteiger partial charge in [-0.25, -0.2) is 0 Å². The van der Waals surface area contributed by atoms with Gasteiger partial charge in [0.2, 0.25) is 0 Å². The molecule has 74 valence electrons. The second-order valence-corrected chi connectivity index (χ2v) is 4.37. The zero-order valence-corrected chi connectivity index (χ0v) is 9.52. The lowest BCUT2D eigenvalue weighted by Gasteiger charge is -2.26. The van der Waals surface area contributed by atoms with Crippen molar-refractivity contribution in [1.82, 2.24) is 5.32 Å². The molecule has 0 bridgehead atoms. The molecular weight excluding hydrogens is 146 g/mol. The summed E-state index contributed by atoms with van der Waals surface area (Å²) in [5.74, 6) is 1.52. The third-order valence-corrected chi connectivity index (χ3v) is 3.02. The molecule has 0 aromatic carbocycles. The van der Waals surface area contributed by atoms with Gasteiger partial charge >= 0.3 is 0 Å². The highest BCUT2D eigenvalue weighted by Gasteiger charge is 2.14. The Kier molecular flexibility index (Phi) is 5.56. The van der Waals surface area contributed by atoms with Crippen LogP contribution in [0.3, 0.4) is 0 Å². The van der Waals surface area contributed by atoms with E-state index in [-0.39, 0.29) is 0 Å². The maximum atomic E-state index is 3.63. The normalized spacial score (nSPS) is 19.2. The van der Waals surface area contributed by atoms with Crippen molar-refractivity contribution in [3.63, 3.8) is 0 Å². The fourth-order valence-corrected chi connectivity index (χ4v) is 1.12. The minimum absolute atomic E-state index is 0.633. The molecule has 12 heavy (non-hydrogen) atoms. The van der Waals surface area contributed by atoms with Crippen LogP contribution >= 0.6 is 0 Å². The fraction of sp³-hybridized carbons (Fsp3) is 1.00. The molecule has 0 fully saturated rings. The average Bonchev–Trinajstić information content (AvgIpc) is 2.02. The second kappa shape index (κ2) is 5.58. The highest BCUT2D eigenvalue weighted by atomic mass is 14.9. The molecule has 1 nitrogen and oxygen atoms in total. The summed E-state index contributed by atoms with van der Waals surface area (Å²) in [6, 6.07) is 1.28. The molecule has 0 saturated carbocycles. The summed E-state index contributed by atoms with van der Waals surface area (Å²) in [5, 5.41) is 3.63. The summed E-state index contributed by atoms with van der Waals surface area (Å²) < 4.78 is 0. The minimum Gasteiger partial charge on any atom is -0.311 e. The minimum atomic E-state index is 0.633. The molecule has 0 radical (unpaired) electrons. The Hall–Kier alpha value is -0.0400. The molecule has 0 aliphatic heterocycles. The van der Waals surface area contributed by atoms with Crippen LogP contribution < -0.4 is 5.32 Å². The molecule has 0 aromatic rings. The van der Waals surface area contributed by atoms with Gasteiger partial charge in [-0.3, -0.25) is 0 Å². The van der Waals surface area contributed by atoms with Crippen molar-refractivity contribution in [3.05, 3.63) is 0 Å². The zero-order valence-electron chi connectivity index (χ0n) is 9.52. The van der Waals surface area contributed by atoms with Crippen LogP contribution in [0.2, 0.25) is 0 Å². The van der Waals surface area contributed by atoms with Crippen molar-refractivity contribution in [2.45, 2.75) is 60.0 Å². The fourth-order valence-electron chi connectivity index (χ4n) is 1.12. The van der Waals surface area contributed by atoms with Crippen LogP contribution in [-0.4, -0.2) is 12.1 Å². The van der Waals surface area contributed by atoms with Crippen LogP contribution in [0.15, 0.2) is 0 Å². The smallest absolute Gasteiger partial charge is 0.00668 e. The molecule has 0 aliphatic carbocycles. The highest BCUT2D eigenvalue weighted by Crippen LogP contribution is 2.09. The van der Waals surface area contributed by atoms with Gasteiger partial charge in [-0.2, -0.15) is 0 Å². The number of hydrogen-bond donors (Lipinski definition) is 1. The largest absolute Gasteiger partial charge is 0.311 e. The second-order valence-electron chi connectivity index (χ2n) is 4.37. The maximum Gasteiger partial charge on any atom is 0.00668 e. The molecule has 0 amide bonds. The van der Waals surface area contributed by atoms with E-state index in [1.807, 2.05) is 0 Å². The van der Waals surface area contributed by atoms with Gasteiger partial charge < -0.3 is 5.32 Å². The van der Waals surface area contributed by atoms with Crippen LogP contribution in [-0.2, 0) is 0 Å². The summed E-state index contributed by atoms with van der Waals surface area (Å²) in [6.07, 6.45) is 1.26. The lowest BCUT2D eigenvalue weighted by molar-refractivity contribution is 0.317. The van der Waals surface area contributed by atoms with Gasteiger partial charge in [0.1, 0.15) is 0 Å². The van der Waals surface area contributed by atoms with Crippen molar-refractivity contribution in [3.8, 4) is 0 Å². The Morgan fingerprint density at radius 1 is 0.917 bits per heavy atom. The maximum absolute atomic E-state index is 3.63. The molecule has 0 heterocycles. The van der Waals surface area contributed by atoms with Crippen LogP contribution in [0.5, 0.6) is 0 Å². The Balaban J connectivity index is 3.75. The summed E-state index contributed by atoms with van der Waals surface area (Å²) >= 11 is 0. The molecular formula is C11H25N. The predicted octanol–water partition coefficient (Wildman–Crippen LogP) is 3.06. The number of rotatable bonds is 5. The topological polar surface area (TPSA) is 12.0 Å². The Bertz CT molecular complexity index is 110. The first kappa shape index (κ1) is 12.0. The van der Waals surface area contributed by atoms with Gasteiger partial charge in [-0.05, 0) is 25.7 Å². The van der Waals surface area contributed by atoms with Gasteiger partial charge in [0.05, 0.1) is 0 Å². The molecule has 0 rings (SSSR count). The first-order valence-electron chi connectivity index (χ1n) is 5.25. The van der Waals surface area contributed by atoms with Gasteiger partial charge in [0.15, 0.2) is 0 Å². The number of nitrogens with one attached hydrogen (secondary N) is 1. The van der Waals surface area contributed by atoms with E-state index in [4.69, 9.17) is 0 Å². The Morgan fingerprint density at radius 3 is 1.75 bits per heavy atom. The van der Waals surface area contributed by atoms with Gasteiger partial charge in [-0.1, -0.05) is 34.1 Å². The van der Waals surface area contributed by atoms with Crippen LogP contribution in [0.4, 0.5) is 0 Å². The third kappa shape index (κ3) is 4.10. The molecule has 0 aromatic heterocycles. The lowest BCUT2D eigenvalue weighted by atomic mass is 9.98.